The molecular weight excluding hydrogens is 320 g/mol. The normalized spacial score (nSPS) is 14.4. The van der Waals surface area contributed by atoms with E-state index in [1.807, 2.05) is 19.2 Å². The van der Waals surface area contributed by atoms with Crippen molar-refractivity contribution >= 4 is 17.8 Å². The van der Waals surface area contributed by atoms with Gasteiger partial charge in [0.25, 0.3) is 5.91 Å². The van der Waals surface area contributed by atoms with E-state index in [0.29, 0.717) is 38.3 Å². The van der Waals surface area contributed by atoms with Gasteiger partial charge in [-0.05, 0) is 25.5 Å². The number of hydrogen-bond donors (Lipinski definition) is 0. The van der Waals surface area contributed by atoms with Crippen LogP contribution in [0.2, 0.25) is 0 Å². The maximum Gasteiger partial charge on any atom is 0.409 e. The molecular formula is C18H28N4O3. The summed E-state index contributed by atoms with van der Waals surface area (Å²) in [6.45, 7) is 7.69. The van der Waals surface area contributed by atoms with E-state index >= 15 is 0 Å². The average molecular weight is 348 g/mol. The van der Waals surface area contributed by atoms with Crippen LogP contribution in [0, 0.1) is 0 Å². The van der Waals surface area contributed by atoms with Gasteiger partial charge in [-0.25, -0.2) is 9.78 Å². The Kier molecular flexibility index (Phi) is 7.03. The molecule has 25 heavy (non-hydrogen) atoms. The largest absolute Gasteiger partial charge is 0.450 e. The summed E-state index contributed by atoms with van der Waals surface area (Å²) in [6.07, 6.45) is 3.44. The Balaban J connectivity index is 1.90. The zero-order valence-electron chi connectivity index (χ0n) is 15.4. The Bertz CT molecular complexity index is 568. The SMILES string of the molecule is CCCCN(C)C(=O)c1ccc(N2CCN(C(=O)OCC)CC2)nc1. The summed E-state index contributed by atoms with van der Waals surface area (Å²) in [4.78, 5) is 34.1. The van der Waals surface area contributed by atoms with Gasteiger partial charge in [-0.2, -0.15) is 0 Å². The molecule has 2 heterocycles. The van der Waals surface area contributed by atoms with Crippen molar-refractivity contribution in [3.05, 3.63) is 23.9 Å². The van der Waals surface area contributed by atoms with Gasteiger partial charge < -0.3 is 19.4 Å². The van der Waals surface area contributed by atoms with Gasteiger partial charge in [0, 0.05) is 46.0 Å². The van der Waals surface area contributed by atoms with Gasteiger partial charge in [0.05, 0.1) is 12.2 Å². The number of ether oxygens (including phenoxy) is 1. The van der Waals surface area contributed by atoms with Gasteiger partial charge >= 0.3 is 6.09 Å². The molecule has 1 aliphatic rings. The standard InChI is InChI=1S/C18H28N4O3/c1-4-6-9-20(3)17(23)15-7-8-16(19-14-15)21-10-12-22(13-11-21)18(24)25-5-2/h7-8,14H,4-6,9-13H2,1-3H3. The third kappa shape index (κ3) is 5.08. The van der Waals surface area contributed by atoms with Crippen molar-refractivity contribution < 1.29 is 14.3 Å². The number of piperazine rings is 1. The molecule has 0 N–H and O–H groups in total. The quantitative estimate of drug-likeness (QED) is 0.789. The summed E-state index contributed by atoms with van der Waals surface area (Å²) in [6, 6.07) is 3.70. The average Bonchev–Trinajstić information content (AvgIpc) is 2.66. The molecule has 2 rings (SSSR count). The molecule has 2 amide bonds. The number of amides is 2. The van der Waals surface area contributed by atoms with E-state index in [-0.39, 0.29) is 12.0 Å². The van der Waals surface area contributed by atoms with Crippen LogP contribution in [-0.4, -0.2) is 73.2 Å². The van der Waals surface area contributed by atoms with Crippen molar-refractivity contribution in [2.45, 2.75) is 26.7 Å². The second kappa shape index (κ2) is 9.25. The highest BCUT2D eigenvalue weighted by Crippen LogP contribution is 2.15. The fourth-order valence-corrected chi connectivity index (χ4v) is 2.75. The van der Waals surface area contributed by atoms with Crippen LogP contribution in [0.4, 0.5) is 10.6 Å². The number of nitrogens with zero attached hydrogens (tertiary/aromatic N) is 4. The minimum atomic E-state index is -0.258. The van der Waals surface area contributed by atoms with Crippen molar-refractivity contribution in [2.75, 3.05) is 51.3 Å². The molecule has 0 aliphatic carbocycles. The summed E-state index contributed by atoms with van der Waals surface area (Å²) >= 11 is 0. The molecule has 0 aromatic carbocycles. The Morgan fingerprint density at radius 1 is 1.20 bits per heavy atom. The van der Waals surface area contributed by atoms with Crippen molar-refractivity contribution in [3.8, 4) is 0 Å². The first-order valence-corrected chi connectivity index (χ1v) is 8.95. The van der Waals surface area contributed by atoms with Crippen LogP contribution in [0.25, 0.3) is 0 Å². The Hall–Kier alpha value is -2.31. The topological polar surface area (TPSA) is 66.0 Å². The molecule has 1 fully saturated rings. The van der Waals surface area contributed by atoms with Crippen LogP contribution in [0.1, 0.15) is 37.0 Å². The molecule has 1 aromatic rings. The summed E-state index contributed by atoms with van der Waals surface area (Å²) in [7, 11) is 1.82. The molecule has 0 atom stereocenters. The van der Waals surface area contributed by atoms with Crippen molar-refractivity contribution in [1.82, 2.24) is 14.8 Å². The molecule has 7 heteroatoms. The second-order valence-corrected chi connectivity index (χ2v) is 6.16. The van der Waals surface area contributed by atoms with E-state index in [0.717, 1.165) is 25.2 Å². The second-order valence-electron chi connectivity index (χ2n) is 6.16. The van der Waals surface area contributed by atoms with Gasteiger partial charge in [0.2, 0.25) is 0 Å². The number of anilines is 1. The molecule has 0 radical (unpaired) electrons. The minimum absolute atomic E-state index is 0.000342. The Morgan fingerprint density at radius 3 is 2.48 bits per heavy atom. The summed E-state index contributed by atoms with van der Waals surface area (Å²) in [5, 5.41) is 0. The van der Waals surface area contributed by atoms with E-state index in [4.69, 9.17) is 4.74 Å². The smallest absolute Gasteiger partial charge is 0.409 e. The van der Waals surface area contributed by atoms with Crippen LogP contribution in [0.3, 0.4) is 0 Å². The number of pyridine rings is 1. The predicted octanol–water partition coefficient (Wildman–Crippen LogP) is 2.23. The maximum absolute atomic E-state index is 12.3. The van der Waals surface area contributed by atoms with Crippen LogP contribution in [0.15, 0.2) is 18.3 Å². The lowest BCUT2D eigenvalue weighted by Crippen LogP contribution is -2.49. The molecule has 1 aromatic heterocycles. The van der Waals surface area contributed by atoms with Crippen LogP contribution in [0.5, 0.6) is 0 Å². The van der Waals surface area contributed by atoms with Gasteiger partial charge in [0.1, 0.15) is 5.82 Å². The van der Waals surface area contributed by atoms with Crippen LogP contribution in [-0.2, 0) is 4.74 Å². The highest BCUT2D eigenvalue weighted by atomic mass is 16.6. The Morgan fingerprint density at radius 2 is 1.92 bits per heavy atom. The number of carbonyl (C=O) groups is 2. The van der Waals surface area contributed by atoms with E-state index in [1.54, 1.807) is 22.9 Å². The zero-order valence-corrected chi connectivity index (χ0v) is 15.4. The third-order valence-electron chi connectivity index (χ3n) is 4.32. The van der Waals surface area contributed by atoms with Crippen molar-refractivity contribution in [3.63, 3.8) is 0 Å². The monoisotopic (exact) mass is 348 g/mol. The van der Waals surface area contributed by atoms with Gasteiger partial charge in [-0.1, -0.05) is 13.3 Å². The van der Waals surface area contributed by atoms with Gasteiger partial charge in [-0.3, -0.25) is 4.79 Å². The number of carbonyl (C=O) groups excluding carboxylic acids is 2. The fraction of sp³-hybridized carbons (Fsp3) is 0.611. The Labute approximate surface area is 149 Å². The summed E-state index contributed by atoms with van der Waals surface area (Å²) in [5.41, 5.74) is 0.604. The summed E-state index contributed by atoms with van der Waals surface area (Å²) in [5.74, 6) is 0.830. The molecule has 138 valence electrons. The number of rotatable bonds is 6. The van der Waals surface area contributed by atoms with Crippen LogP contribution >= 0.6 is 0 Å². The predicted molar refractivity (Wildman–Crippen MR) is 96.9 cm³/mol. The molecule has 0 bridgehead atoms. The number of aromatic nitrogens is 1. The maximum atomic E-state index is 12.3. The highest BCUT2D eigenvalue weighted by Gasteiger charge is 2.22. The number of unbranched alkanes of at least 4 members (excludes halogenated alkanes) is 1. The van der Waals surface area contributed by atoms with Gasteiger partial charge in [-0.15, -0.1) is 0 Å². The van der Waals surface area contributed by atoms with E-state index in [2.05, 4.69) is 16.8 Å². The lowest BCUT2D eigenvalue weighted by atomic mass is 10.2. The molecule has 1 aliphatic heterocycles. The molecule has 7 nitrogen and oxygen atoms in total. The lowest BCUT2D eigenvalue weighted by molar-refractivity contribution is 0.0792. The van der Waals surface area contributed by atoms with E-state index < -0.39 is 0 Å². The minimum Gasteiger partial charge on any atom is -0.450 e. The molecule has 0 spiro atoms. The number of hydrogen-bond acceptors (Lipinski definition) is 5. The van der Waals surface area contributed by atoms with Crippen molar-refractivity contribution in [1.29, 1.82) is 0 Å². The molecule has 1 saturated heterocycles. The lowest BCUT2D eigenvalue weighted by Gasteiger charge is -2.34. The van der Waals surface area contributed by atoms with E-state index in [1.165, 1.54) is 0 Å². The fourth-order valence-electron chi connectivity index (χ4n) is 2.75. The van der Waals surface area contributed by atoms with Gasteiger partial charge in [0.15, 0.2) is 0 Å². The van der Waals surface area contributed by atoms with Crippen molar-refractivity contribution in [2.24, 2.45) is 0 Å². The first-order valence-electron chi connectivity index (χ1n) is 8.95. The zero-order chi connectivity index (χ0) is 18.2. The molecule has 0 saturated carbocycles. The van der Waals surface area contributed by atoms with Crippen LogP contribution < -0.4 is 4.90 Å². The summed E-state index contributed by atoms with van der Waals surface area (Å²) < 4.78 is 5.03. The first-order chi connectivity index (χ1) is 12.1. The highest BCUT2D eigenvalue weighted by molar-refractivity contribution is 5.93. The molecule has 0 unspecified atom stereocenters. The van der Waals surface area contributed by atoms with E-state index in [9.17, 15) is 9.59 Å². The first kappa shape index (κ1) is 19.0. The third-order valence-corrected chi connectivity index (χ3v) is 4.32.